The molecule has 1 aromatic carbocycles. The number of amides is 1. The fraction of sp³-hybridized carbons (Fsp3) is 0.100. The monoisotopic (exact) mass is 455 g/mol. The standard InChI is InChI=1S/C20H14BrN3O3S/c1-11-17(28-19(24-11)12-3-2-6-22-9-12)10-23-18(25)15-8-13-7-14(21)4-5-16(13)27-20(15)26/h2-9H,10H2,1H3,(H,23,25). The lowest BCUT2D eigenvalue weighted by atomic mass is 10.2. The van der Waals surface area contributed by atoms with Crippen molar-refractivity contribution in [1.82, 2.24) is 15.3 Å². The van der Waals surface area contributed by atoms with Gasteiger partial charge in [-0.3, -0.25) is 9.78 Å². The Morgan fingerprint density at radius 3 is 2.93 bits per heavy atom. The zero-order valence-electron chi connectivity index (χ0n) is 14.7. The minimum absolute atomic E-state index is 0.0275. The van der Waals surface area contributed by atoms with Gasteiger partial charge in [-0.05, 0) is 43.3 Å². The second-order valence-corrected chi connectivity index (χ2v) is 8.08. The molecule has 1 amide bonds. The third kappa shape index (κ3) is 3.74. The zero-order valence-corrected chi connectivity index (χ0v) is 17.1. The summed E-state index contributed by atoms with van der Waals surface area (Å²) in [5.41, 5.74) is 1.50. The van der Waals surface area contributed by atoms with Crippen molar-refractivity contribution in [2.45, 2.75) is 13.5 Å². The highest BCUT2D eigenvalue weighted by Gasteiger charge is 2.16. The van der Waals surface area contributed by atoms with Gasteiger partial charge in [0.1, 0.15) is 16.2 Å². The molecule has 0 spiro atoms. The Bertz CT molecular complexity index is 1230. The van der Waals surface area contributed by atoms with Gasteiger partial charge in [0.2, 0.25) is 0 Å². The highest BCUT2D eigenvalue weighted by Crippen LogP contribution is 2.27. The fourth-order valence-corrected chi connectivity index (χ4v) is 4.08. The van der Waals surface area contributed by atoms with Crippen LogP contribution < -0.4 is 10.9 Å². The second-order valence-electron chi connectivity index (χ2n) is 6.08. The number of aromatic nitrogens is 2. The molecular weight excluding hydrogens is 442 g/mol. The number of aryl methyl sites for hydroxylation is 1. The summed E-state index contributed by atoms with van der Waals surface area (Å²) in [5, 5.41) is 4.30. The lowest BCUT2D eigenvalue weighted by Crippen LogP contribution is -2.27. The van der Waals surface area contributed by atoms with E-state index in [1.54, 1.807) is 36.7 Å². The quantitative estimate of drug-likeness (QED) is 0.463. The van der Waals surface area contributed by atoms with Gasteiger partial charge in [-0.1, -0.05) is 15.9 Å². The van der Waals surface area contributed by atoms with Crippen LogP contribution in [0.5, 0.6) is 0 Å². The number of rotatable bonds is 4. The smallest absolute Gasteiger partial charge is 0.349 e. The van der Waals surface area contributed by atoms with Gasteiger partial charge < -0.3 is 9.73 Å². The maximum Gasteiger partial charge on any atom is 0.349 e. The van der Waals surface area contributed by atoms with Gasteiger partial charge in [0.25, 0.3) is 5.91 Å². The number of carbonyl (C=O) groups excluding carboxylic acids is 1. The molecule has 0 aliphatic rings. The Hall–Kier alpha value is -2.84. The molecule has 8 heteroatoms. The number of fused-ring (bicyclic) bond motifs is 1. The molecule has 1 N–H and O–H groups in total. The maximum absolute atomic E-state index is 12.5. The number of halogens is 1. The van der Waals surface area contributed by atoms with Gasteiger partial charge in [0.05, 0.1) is 12.2 Å². The fourth-order valence-electron chi connectivity index (χ4n) is 2.71. The molecule has 4 aromatic rings. The highest BCUT2D eigenvalue weighted by atomic mass is 79.9. The molecule has 4 rings (SSSR count). The summed E-state index contributed by atoms with van der Waals surface area (Å²) in [5.74, 6) is -0.480. The summed E-state index contributed by atoms with van der Waals surface area (Å²) in [7, 11) is 0. The molecule has 3 heterocycles. The topological polar surface area (TPSA) is 85.1 Å². The van der Waals surface area contributed by atoms with Gasteiger partial charge in [-0.2, -0.15) is 0 Å². The lowest BCUT2D eigenvalue weighted by Gasteiger charge is -2.05. The minimum atomic E-state index is -0.663. The van der Waals surface area contributed by atoms with Gasteiger partial charge in [-0.15, -0.1) is 11.3 Å². The predicted octanol–water partition coefficient (Wildman–Crippen LogP) is 4.31. The summed E-state index contributed by atoms with van der Waals surface area (Å²) in [6.45, 7) is 2.17. The predicted molar refractivity (Wildman–Crippen MR) is 111 cm³/mol. The Morgan fingerprint density at radius 2 is 2.14 bits per heavy atom. The van der Waals surface area contributed by atoms with E-state index in [2.05, 4.69) is 31.2 Å². The van der Waals surface area contributed by atoms with E-state index in [1.165, 1.54) is 11.3 Å². The number of carbonyl (C=O) groups is 1. The summed E-state index contributed by atoms with van der Waals surface area (Å²) >= 11 is 4.86. The average molecular weight is 456 g/mol. The Morgan fingerprint density at radius 1 is 1.29 bits per heavy atom. The van der Waals surface area contributed by atoms with Crippen LogP contribution in [0.1, 0.15) is 20.9 Å². The molecule has 140 valence electrons. The van der Waals surface area contributed by atoms with Crippen LogP contribution in [0.3, 0.4) is 0 Å². The van der Waals surface area contributed by atoms with Crippen molar-refractivity contribution in [2.75, 3.05) is 0 Å². The molecule has 0 radical (unpaired) electrons. The molecule has 3 aromatic heterocycles. The SMILES string of the molecule is Cc1nc(-c2cccnc2)sc1CNC(=O)c1cc2cc(Br)ccc2oc1=O. The van der Waals surface area contributed by atoms with Crippen LogP contribution in [0.2, 0.25) is 0 Å². The van der Waals surface area contributed by atoms with Gasteiger partial charge >= 0.3 is 5.63 Å². The number of hydrogen-bond donors (Lipinski definition) is 1. The van der Waals surface area contributed by atoms with E-state index < -0.39 is 11.5 Å². The Balaban J connectivity index is 1.55. The molecule has 0 aliphatic carbocycles. The Kier molecular flexibility index (Phi) is 5.06. The summed E-state index contributed by atoms with van der Waals surface area (Å²) in [4.78, 5) is 34.3. The largest absolute Gasteiger partial charge is 0.422 e. The number of benzene rings is 1. The van der Waals surface area contributed by atoms with E-state index in [4.69, 9.17) is 4.42 Å². The Labute approximate surface area is 172 Å². The molecular formula is C20H14BrN3O3S. The second kappa shape index (κ2) is 7.65. The van der Waals surface area contributed by atoms with Crippen molar-refractivity contribution in [3.05, 3.63) is 79.8 Å². The number of nitrogens with one attached hydrogen (secondary N) is 1. The number of thiazole rings is 1. The highest BCUT2D eigenvalue weighted by molar-refractivity contribution is 9.10. The first-order valence-corrected chi connectivity index (χ1v) is 10.0. The molecule has 0 bridgehead atoms. The molecule has 0 atom stereocenters. The van der Waals surface area contributed by atoms with Crippen LogP contribution >= 0.6 is 27.3 Å². The normalized spacial score (nSPS) is 10.9. The van der Waals surface area contributed by atoms with Crippen molar-refractivity contribution >= 4 is 44.1 Å². The van der Waals surface area contributed by atoms with Crippen LogP contribution in [-0.4, -0.2) is 15.9 Å². The lowest BCUT2D eigenvalue weighted by molar-refractivity contribution is 0.0947. The van der Waals surface area contributed by atoms with E-state index in [0.717, 1.165) is 25.6 Å². The van der Waals surface area contributed by atoms with E-state index in [0.29, 0.717) is 11.0 Å². The summed E-state index contributed by atoms with van der Waals surface area (Å²) < 4.78 is 6.09. The molecule has 0 fully saturated rings. The number of nitrogens with zero attached hydrogens (tertiary/aromatic N) is 2. The average Bonchev–Trinajstić information content (AvgIpc) is 3.07. The molecule has 6 nitrogen and oxygen atoms in total. The van der Waals surface area contributed by atoms with Crippen LogP contribution in [0.4, 0.5) is 0 Å². The summed E-state index contributed by atoms with van der Waals surface area (Å²) in [6, 6.07) is 10.6. The first-order valence-electron chi connectivity index (χ1n) is 8.39. The molecule has 0 saturated heterocycles. The third-order valence-corrected chi connectivity index (χ3v) is 5.85. The molecule has 28 heavy (non-hydrogen) atoms. The van der Waals surface area contributed by atoms with Crippen molar-refractivity contribution in [1.29, 1.82) is 0 Å². The maximum atomic E-state index is 12.5. The first kappa shape index (κ1) is 18.5. The summed E-state index contributed by atoms with van der Waals surface area (Å²) in [6.07, 6.45) is 3.46. The molecule has 0 saturated carbocycles. The molecule has 0 unspecified atom stereocenters. The zero-order chi connectivity index (χ0) is 19.7. The van der Waals surface area contributed by atoms with Gasteiger partial charge in [0, 0.05) is 32.7 Å². The van der Waals surface area contributed by atoms with Crippen molar-refractivity contribution < 1.29 is 9.21 Å². The van der Waals surface area contributed by atoms with Crippen molar-refractivity contribution in [2.24, 2.45) is 0 Å². The van der Waals surface area contributed by atoms with E-state index in [-0.39, 0.29) is 12.1 Å². The minimum Gasteiger partial charge on any atom is -0.422 e. The molecule has 0 aliphatic heterocycles. The third-order valence-electron chi connectivity index (χ3n) is 4.15. The van der Waals surface area contributed by atoms with E-state index in [9.17, 15) is 9.59 Å². The number of pyridine rings is 1. The van der Waals surface area contributed by atoms with Crippen LogP contribution in [-0.2, 0) is 6.54 Å². The van der Waals surface area contributed by atoms with E-state index in [1.807, 2.05) is 19.1 Å². The van der Waals surface area contributed by atoms with Gasteiger partial charge in [-0.25, -0.2) is 9.78 Å². The van der Waals surface area contributed by atoms with Crippen molar-refractivity contribution in [3.8, 4) is 10.6 Å². The van der Waals surface area contributed by atoms with Crippen LogP contribution in [0.15, 0.2) is 62.5 Å². The van der Waals surface area contributed by atoms with Gasteiger partial charge in [0.15, 0.2) is 0 Å². The number of hydrogen-bond acceptors (Lipinski definition) is 6. The van der Waals surface area contributed by atoms with E-state index >= 15 is 0 Å². The van der Waals surface area contributed by atoms with Crippen molar-refractivity contribution in [3.63, 3.8) is 0 Å². The first-order chi connectivity index (χ1) is 13.5. The van der Waals surface area contributed by atoms with Crippen LogP contribution in [0.25, 0.3) is 21.5 Å². The van der Waals surface area contributed by atoms with Crippen LogP contribution in [0, 0.1) is 6.92 Å².